The quantitative estimate of drug-likeness (QED) is 0.446. The van der Waals surface area contributed by atoms with Crippen LogP contribution in [0, 0.1) is 0 Å². The standard InChI is InChI=1S/C19H23N3O3/c1-3-5-6-7-16(23)17-15(4-2)22(19(25)18(17)24)12-8-9-13-14(10-12)21-11-20-13/h8-11,24-25H,3-7H2,1-2H3,(H,20,21). The van der Waals surface area contributed by atoms with Gasteiger partial charge in [0.2, 0.25) is 5.88 Å². The molecule has 0 saturated heterocycles. The first kappa shape index (κ1) is 17.1. The number of aromatic hydroxyl groups is 2. The number of aromatic amines is 1. The van der Waals surface area contributed by atoms with E-state index >= 15 is 0 Å². The van der Waals surface area contributed by atoms with E-state index < -0.39 is 0 Å². The molecule has 0 aliphatic heterocycles. The Kier molecular flexibility index (Phi) is 4.79. The molecular weight excluding hydrogens is 318 g/mol. The number of fused-ring (bicyclic) bond motifs is 1. The monoisotopic (exact) mass is 341 g/mol. The van der Waals surface area contributed by atoms with Crippen molar-refractivity contribution in [2.45, 2.75) is 46.0 Å². The summed E-state index contributed by atoms with van der Waals surface area (Å²) in [7, 11) is 0. The fourth-order valence-electron chi connectivity index (χ4n) is 3.22. The lowest BCUT2D eigenvalue weighted by Crippen LogP contribution is -2.06. The van der Waals surface area contributed by atoms with E-state index in [1.165, 1.54) is 0 Å². The van der Waals surface area contributed by atoms with Crippen LogP contribution in [0.4, 0.5) is 0 Å². The summed E-state index contributed by atoms with van der Waals surface area (Å²) >= 11 is 0. The van der Waals surface area contributed by atoms with Crippen LogP contribution in [0.5, 0.6) is 11.6 Å². The topological polar surface area (TPSA) is 91.1 Å². The number of H-pyrrole nitrogens is 1. The van der Waals surface area contributed by atoms with Gasteiger partial charge in [0, 0.05) is 12.1 Å². The number of hydrogen-bond acceptors (Lipinski definition) is 4. The van der Waals surface area contributed by atoms with Crippen LogP contribution >= 0.6 is 0 Å². The first-order chi connectivity index (χ1) is 12.1. The zero-order valence-electron chi connectivity index (χ0n) is 14.5. The maximum absolute atomic E-state index is 12.6. The van der Waals surface area contributed by atoms with Crippen LogP contribution in [-0.4, -0.2) is 30.5 Å². The first-order valence-electron chi connectivity index (χ1n) is 8.70. The summed E-state index contributed by atoms with van der Waals surface area (Å²) in [5.74, 6) is -0.753. The highest BCUT2D eigenvalue weighted by Gasteiger charge is 2.26. The number of nitrogens with zero attached hydrogens (tertiary/aromatic N) is 2. The molecule has 25 heavy (non-hydrogen) atoms. The molecule has 0 saturated carbocycles. The van der Waals surface area contributed by atoms with Gasteiger partial charge in [0.25, 0.3) is 0 Å². The molecule has 0 aliphatic carbocycles. The first-order valence-corrected chi connectivity index (χ1v) is 8.70. The Labute approximate surface area is 146 Å². The van der Waals surface area contributed by atoms with Crippen molar-refractivity contribution >= 4 is 16.8 Å². The highest BCUT2D eigenvalue weighted by Crippen LogP contribution is 2.39. The summed E-state index contributed by atoms with van der Waals surface area (Å²) in [5.41, 5.74) is 3.17. The van der Waals surface area contributed by atoms with E-state index in [1.54, 1.807) is 10.9 Å². The third-order valence-electron chi connectivity index (χ3n) is 4.50. The van der Waals surface area contributed by atoms with Crippen molar-refractivity contribution < 1.29 is 15.0 Å². The van der Waals surface area contributed by atoms with Gasteiger partial charge in [-0.1, -0.05) is 26.7 Å². The van der Waals surface area contributed by atoms with E-state index in [2.05, 4.69) is 16.9 Å². The predicted octanol–water partition coefficient (Wildman–Crippen LogP) is 4.09. The molecule has 2 aromatic heterocycles. The zero-order chi connectivity index (χ0) is 18.0. The lowest BCUT2D eigenvalue weighted by molar-refractivity contribution is 0.0975. The van der Waals surface area contributed by atoms with E-state index in [1.807, 2.05) is 25.1 Å². The van der Waals surface area contributed by atoms with Gasteiger partial charge in [-0.25, -0.2) is 4.98 Å². The van der Waals surface area contributed by atoms with Gasteiger partial charge in [-0.2, -0.15) is 0 Å². The Balaban J connectivity index is 2.07. The van der Waals surface area contributed by atoms with Crippen molar-refractivity contribution in [1.82, 2.24) is 14.5 Å². The van der Waals surface area contributed by atoms with Gasteiger partial charge in [0.05, 0.1) is 28.6 Å². The summed E-state index contributed by atoms with van der Waals surface area (Å²) in [6.07, 6.45) is 5.27. The molecular formula is C19H23N3O3. The molecule has 6 heteroatoms. The lowest BCUT2D eigenvalue weighted by Gasteiger charge is -2.10. The number of imidazole rings is 1. The average Bonchev–Trinajstić information content (AvgIpc) is 3.17. The maximum atomic E-state index is 12.6. The van der Waals surface area contributed by atoms with Crippen LogP contribution in [0.15, 0.2) is 24.5 Å². The maximum Gasteiger partial charge on any atom is 0.240 e. The summed E-state index contributed by atoms with van der Waals surface area (Å²) in [5, 5.41) is 20.8. The molecule has 0 unspecified atom stereocenters. The van der Waals surface area contributed by atoms with Gasteiger partial charge in [0.1, 0.15) is 0 Å². The molecule has 3 N–H and O–H groups in total. The Morgan fingerprint density at radius 1 is 1.24 bits per heavy atom. The van der Waals surface area contributed by atoms with E-state index in [-0.39, 0.29) is 23.0 Å². The molecule has 3 aromatic rings. The number of nitrogens with one attached hydrogen (secondary N) is 1. The van der Waals surface area contributed by atoms with Crippen LogP contribution in [0.3, 0.4) is 0 Å². The van der Waals surface area contributed by atoms with Crippen molar-refractivity contribution in [3.63, 3.8) is 0 Å². The van der Waals surface area contributed by atoms with Crippen LogP contribution < -0.4 is 0 Å². The minimum absolute atomic E-state index is 0.125. The molecule has 0 radical (unpaired) electrons. The Morgan fingerprint density at radius 3 is 2.76 bits per heavy atom. The number of Topliss-reactive ketones (excluding diaryl/α,β-unsaturated/α-hetero) is 1. The third-order valence-corrected chi connectivity index (χ3v) is 4.50. The molecule has 1 aromatic carbocycles. The van der Waals surface area contributed by atoms with Crippen LogP contribution in [-0.2, 0) is 6.42 Å². The van der Waals surface area contributed by atoms with Gasteiger partial charge in [0.15, 0.2) is 11.5 Å². The zero-order valence-corrected chi connectivity index (χ0v) is 14.5. The van der Waals surface area contributed by atoms with E-state index in [0.717, 1.165) is 30.3 Å². The highest BCUT2D eigenvalue weighted by atomic mass is 16.3. The van der Waals surface area contributed by atoms with Crippen molar-refractivity contribution in [1.29, 1.82) is 0 Å². The SMILES string of the molecule is CCCCCC(=O)c1c(O)c(O)n(-c2ccc3nc[nH]c3c2)c1CC. The summed E-state index contributed by atoms with van der Waals surface area (Å²) in [4.78, 5) is 19.8. The number of ketones is 1. The third kappa shape index (κ3) is 2.99. The van der Waals surface area contributed by atoms with E-state index in [0.29, 0.717) is 24.2 Å². The van der Waals surface area contributed by atoms with Crippen molar-refractivity contribution in [3.05, 3.63) is 35.8 Å². The molecule has 6 nitrogen and oxygen atoms in total. The minimum atomic E-state index is -0.331. The minimum Gasteiger partial charge on any atom is -0.503 e. The number of aromatic nitrogens is 3. The number of carbonyl (C=O) groups is 1. The van der Waals surface area contributed by atoms with Gasteiger partial charge >= 0.3 is 0 Å². The molecule has 0 bridgehead atoms. The van der Waals surface area contributed by atoms with Gasteiger partial charge in [-0.3, -0.25) is 9.36 Å². The Hall–Kier alpha value is -2.76. The molecule has 3 rings (SSSR count). The van der Waals surface area contributed by atoms with Gasteiger partial charge < -0.3 is 15.2 Å². The number of benzene rings is 1. The van der Waals surface area contributed by atoms with Gasteiger partial charge in [-0.15, -0.1) is 0 Å². The van der Waals surface area contributed by atoms with E-state index in [9.17, 15) is 15.0 Å². The van der Waals surface area contributed by atoms with Crippen molar-refractivity contribution in [3.8, 4) is 17.3 Å². The fourth-order valence-corrected chi connectivity index (χ4v) is 3.22. The van der Waals surface area contributed by atoms with Crippen LogP contribution in [0.2, 0.25) is 0 Å². The molecule has 0 atom stereocenters. The second kappa shape index (κ2) is 7.01. The molecule has 132 valence electrons. The van der Waals surface area contributed by atoms with Crippen molar-refractivity contribution in [2.75, 3.05) is 0 Å². The lowest BCUT2D eigenvalue weighted by atomic mass is 10.0. The van der Waals surface area contributed by atoms with Crippen molar-refractivity contribution in [2.24, 2.45) is 0 Å². The smallest absolute Gasteiger partial charge is 0.240 e. The highest BCUT2D eigenvalue weighted by molar-refractivity contribution is 6.01. The second-order valence-corrected chi connectivity index (χ2v) is 6.17. The average molecular weight is 341 g/mol. The molecule has 0 aliphatic rings. The molecule has 0 fully saturated rings. The Bertz CT molecular complexity index is 908. The fraction of sp³-hybridized carbons (Fsp3) is 0.368. The Morgan fingerprint density at radius 2 is 2.04 bits per heavy atom. The number of rotatable bonds is 7. The summed E-state index contributed by atoms with van der Waals surface area (Å²) < 4.78 is 1.54. The van der Waals surface area contributed by atoms with E-state index in [4.69, 9.17) is 0 Å². The molecule has 0 spiro atoms. The van der Waals surface area contributed by atoms with Crippen LogP contribution in [0.1, 0.15) is 55.6 Å². The summed E-state index contributed by atoms with van der Waals surface area (Å²) in [6, 6.07) is 5.48. The van der Waals surface area contributed by atoms with Crippen LogP contribution in [0.25, 0.3) is 16.7 Å². The predicted molar refractivity (Wildman–Crippen MR) is 96.6 cm³/mol. The largest absolute Gasteiger partial charge is 0.503 e. The molecule has 0 amide bonds. The van der Waals surface area contributed by atoms with Gasteiger partial charge in [-0.05, 0) is 31.0 Å². The second-order valence-electron chi connectivity index (χ2n) is 6.17. The number of unbranched alkanes of at least 4 members (excludes halogenated alkanes) is 2. The number of hydrogen-bond donors (Lipinski definition) is 3. The molecule has 2 heterocycles. The normalized spacial score (nSPS) is 11.3. The summed E-state index contributed by atoms with van der Waals surface area (Å²) in [6.45, 7) is 3.98. The number of carbonyl (C=O) groups excluding carboxylic acids is 1.